The van der Waals surface area contributed by atoms with Crippen LogP contribution in [0.4, 0.5) is 5.69 Å². The Morgan fingerprint density at radius 3 is 2.48 bits per heavy atom. The molecule has 0 aliphatic heterocycles. The molecule has 0 spiro atoms. The van der Waals surface area contributed by atoms with Gasteiger partial charge in [-0.1, -0.05) is 31.2 Å². The van der Waals surface area contributed by atoms with Crippen LogP contribution in [-0.4, -0.2) is 39.5 Å². The number of hydrogen-bond donors (Lipinski definition) is 3. The van der Waals surface area contributed by atoms with Crippen LogP contribution in [0.1, 0.15) is 30.1 Å². The molecule has 0 aliphatic rings. The molecule has 166 valence electrons. The van der Waals surface area contributed by atoms with Gasteiger partial charge in [0.05, 0.1) is 29.8 Å². The number of sulfonamides is 1. The minimum Gasteiger partial charge on any atom is -0.491 e. The standard InChI is InChI=1S/C20H23N3O7S/c1-2-11-29-19-15(9-6-10-16(19)22-13-24)20(26)30-18(25)12-17(21)23-31(27,28)14-7-4-3-5-8-14/h3-10,13,17,23H,2,11-12,21H2,1H3,(H,22,24). The lowest BCUT2D eigenvalue weighted by Crippen LogP contribution is -2.43. The summed E-state index contributed by atoms with van der Waals surface area (Å²) in [7, 11) is -3.94. The number of esters is 2. The summed E-state index contributed by atoms with van der Waals surface area (Å²) in [6.07, 6.45) is -0.842. The van der Waals surface area contributed by atoms with Crippen LogP contribution in [0.2, 0.25) is 0 Å². The number of nitrogens with two attached hydrogens (primary N) is 1. The van der Waals surface area contributed by atoms with Crippen molar-refractivity contribution >= 4 is 34.1 Å². The first kappa shape index (κ1) is 24.0. The highest BCUT2D eigenvalue weighted by molar-refractivity contribution is 7.89. The molecule has 0 fully saturated rings. The van der Waals surface area contributed by atoms with E-state index in [-0.39, 0.29) is 28.5 Å². The summed E-state index contributed by atoms with van der Waals surface area (Å²) < 4.78 is 37.0. The fourth-order valence-electron chi connectivity index (χ4n) is 2.52. The van der Waals surface area contributed by atoms with Gasteiger partial charge in [0.15, 0.2) is 5.75 Å². The minimum atomic E-state index is -3.94. The zero-order chi connectivity index (χ0) is 22.9. The van der Waals surface area contributed by atoms with Crippen molar-refractivity contribution in [1.29, 1.82) is 0 Å². The second-order valence-electron chi connectivity index (χ2n) is 6.30. The summed E-state index contributed by atoms with van der Waals surface area (Å²) in [5.74, 6) is -2.00. The Morgan fingerprint density at radius 2 is 1.84 bits per heavy atom. The van der Waals surface area contributed by atoms with E-state index in [9.17, 15) is 22.8 Å². The normalized spacial score (nSPS) is 11.9. The quantitative estimate of drug-likeness (QED) is 0.201. The fourth-order valence-corrected chi connectivity index (χ4v) is 3.66. The smallest absolute Gasteiger partial charge is 0.349 e. The molecule has 0 heterocycles. The zero-order valence-corrected chi connectivity index (χ0v) is 17.6. The molecule has 1 amide bonds. The van der Waals surface area contributed by atoms with E-state index < -0.39 is 34.5 Å². The van der Waals surface area contributed by atoms with Crippen LogP contribution in [0.15, 0.2) is 53.4 Å². The van der Waals surface area contributed by atoms with Crippen molar-refractivity contribution < 1.29 is 32.3 Å². The number of benzene rings is 2. The van der Waals surface area contributed by atoms with Gasteiger partial charge in [0.25, 0.3) is 0 Å². The topological polar surface area (TPSA) is 154 Å². The number of ether oxygens (including phenoxy) is 2. The molecule has 0 aliphatic carbocycles. The molecule has 1 unspecified atom stereocenters. The third kappa shape index (κ3) is 6.88. The second kappa shape index (κ2) is 11.2. The molecular weight excluding hydrogens is 426 g/mol. The van der Waals surface area contributed by atoms with Crippen molar-refractivity contribution in [2.24, 2.45) is 5.73 Å². The molecule has 10 nitrogen and oxygen atoms in total. The summed E-state index contributed by atoms with van der Waals surface area (Å²) in [5.41, 5.74) is 5.85. The summed E-state index contributed by atoms with van der Waals surface area (Å²) in [5, 5.41) is 2.41. The van der Waals surface area contributed by atoms with Gasteiger partial charge in [-0.3, -0.25) is 9.59 Å². The Labute approximate surface area is 179 Å². The maximum atomic E-state index is 12.5. The first-order valence-electron chi connectivity index (χ1n) is 9.32. The first-order chi connectivity index (χ1) is 14.8. The molecule has 2 aromatic carbocycles. The summed E-state index contributed by atoms with van der Waals surface area (Å²) in [6, 6.07) is 11.8. The van der Waals surface area contributed by atoms with Crippen molar-refractivity contribution in [2.45, 2.75) is 30.8 Å². The van der Waals surface area contributed by atoms with Gasteiger partial charge >= 0.3 is 11.9 Å². The van der Waals surface area contributed by atoms with E-state index in [0.29, 0.717) is 12.8 Å². The number of para-hydroxylation sites is 1. The maximum absolute atomic E-state index is 12.5. The van der Waals surface area contributed by atoms with Gasteiger partial charge < -0.3 is 20.5 Å². The Balaban J connectivity index is 2.06. The number of carbonyl (C=O) groups excluding carboxylic acids is 3. The average molecular weight is 449 g/mol. The lowest BCUT2D eigenvalue weighted by Gasteiger charge is -2.15. The highest BCUT2D eigenvalue weighted by atomic mass is 32.2. The fraction of sp³-hybridized carbons (Fsp3) is 0.250. The monoisotopic (exact) mass is 449 g/mol. The van der Waals surface area contributed by atoms with Crippen LogP contribution in [0.25, 0.3) is 0 Å². The Bertz CT molecular complexity index is 1030. The lowest BCUT2D eigenvalue weighted by molar-refractivity contribution is -0.138. The van der Waals surface area contributed by atoms with Gasteiger partial charge in [-0.15, -0.1) is 0 Å². The Hall–Kier alpha value is -3.28. The molecule has 2 aromatic rings. The molecule has 11 heteroatoms. The lowest BCUT2D eigenvalue weighted by atomic mass is 10.1. The molecule has 2 rings (SSSR count). The highest BCUT2D eigenvalue weighted by Crippen LogP contribution is 2.29. The van der Waals surface area contributed by atoms with Gasteiger partial charge in [0, 0.05) is 0 Å². The number of amides is 1. The molecule has 0 saturated carbocycles. The Kier molecular flexibility index (Phi) is 8.67. The van der Waals surface area contributed by atoms with Crippen LogP contribution in [0.5, 0.6) is 5.75 Å². The van der Waals surface area contributed by atoms with Crippen molar-refractivity contribution in [2.75, 3.05) is 11.9 Å². The average Bonchev–Trinajstić information content (AvgIpc) is 2.72. The van der Waals surface area contributed by atoms with Crippen molar-refractivity contribution in [1.82, 2.24) is 4.72 Å². The van der Waals surface area contributed by atoms with E-state index in [4.69, 9.17) is 15.2 Å². The number of anilines is 1. The van der Waals surface area contributed by atoms with Gasteiger partial charge in [-0.05, 0) is 30.7 Å². The van der Waals surface area contributed by atoms with Crippen LogP contribution in [0.3, 0.4) is 0 Å². The number of hydrogen-bond acceptors (Lipinski definition) is 8. The molecule has 0 radical (unpaired) electrons. The second-order valence-corrected chi connectivity index (χ2v) is 8.01. The Morgan fingerprint density at radius 1 is 1.13 bits per heavy atom. The summed E-state index contributed by atoms with van der Waals surface area (Å²) >= 11 is 0. The van der Waals surface area contributed by atoms with Crippen LogP contribution in [0, 0.1) is 0 Å². The maximum Gasteiger partial charge on any atom is 0.349 e. The van der Waals surface area contributed by atoms with Crippen molar-refractivity contribution in [3.05, 3.63) is 54.1 Å². The van der Waals surface area contributed by atoms with E-state index in [1.807, 2.05) is 6.92 Å². The number of rotatable bonds is 11. The van der Waals surface area contributed by atoms with Gasteiger partial charge in [0.2, 0.25) is 16.4 Å². The first-order valence-corrected chi connectivity index (χ1v) is 10.8. The minimum absolute atomic E-state index is 0.0212. The number of carbonyl (C=O) groups is 3. The molecular formula is C20H23N3O7S. The van der Waals surface area contributed by atoms with E-state index in [1.165, 1.54) is 30.3 Å². The highest BCUT2D eigenvalue weighted by Gasteiger charge is 2.24. The van der Waals surface area contributed by atoms with Crippen molar-refractivity contribution in [3.8, 4) is 5.75 Å². The van der Waals surface area contributed by atoms with Crippen LogP contribution >= 0.6 is 0 Å². The van der Waals surface area contributed by atoms with E-state index >= 15 is 0 Å². The zero-order valence-electron chi connectivity index (χ0n) is 16.7. The van der Waals surface area contributed by atoms with Gasteiger partial charge in [-0.2, -0.15) is 4.72 Å². The van der Waals surface area contributed by atoms with E-state index in [0.717, 1.165) is 0 Å². The largest absolute Gasteiger partial charge is 0.491 e. The third-order valence-electron chi connectivity index (χ3n) is 3.85. The summed E-state index contributed by atoms with van der Waals surface area (Å²) in [4.78, 5) is 35.4. The predicted octanol–water partition coefficient (Wildman–Crippen LogP) is 1.38. The molecule has 0 saturated heterocycles. The SMILES string of the molecule is CCCOc1c(NC=O)cccc1C(=O)OC(=O)CC(N)NS(=O)(=O)c1ccccc1. The molecule has 4 N–H and O–H groups in total. The molecule has 0 bridgehead atoms. The molecule has 1 atom stereocenters. The third-order valence-corrected chi connectivity index (χ3v) is 5.36. The van der Waals surface area contributed by atoms with E-state index in [1.54, 1.807) is 18.2 Å². The van der Waals surface area contributed by atoms with Crippen LogP contribution in [-0.2, 0) is 24.3 Å². The molecule has 0 aromatic heterocycles. The van der Waals surface area contributed by atoms with Crippen molar-refractivity contribution in [3.63, 3.8) is 0 Å². The predicted molar refractivity (Wildman–Crippen MR) is 112 cm³/mol. The van der Waals surface area contributed by atoms with Gasteiger partial charge in [0.1, 0.15) is 5.56 Å². The van der Waals surface area contributed by atoms with E-state index in [2.05, 4.69) is 10.0 Å². The van der Waals surface area contributed by atoms with Gasteiger partial charge in [-0.25, -0.2) is 13.2 Å². The number of nitrogens with one attached hydrogen (secondary N) is 2. The summed E-state index contributed by atoms with van der Waals surface area (Å²) in [6.45, 7) is 2.12. The van der Waals surface area contributed by atoms with Crippen LogP contribution < -0.4 is 20.5 Å². The molecule has 31 heavy (non-hydrogen) atoms.